The summed E-state index contributed by atoms with van der Waals surface area (Å²) in [5, 5.41) is 9.77. The van der Waals surface area contributed by atoms with Gasteiger partial charge in [0.1, 0.15) is 0 Å². The fourth-order valence-electron chi connectivity index (χ4n) is 2.46. The monoisotopic (exact) mass is 213 g/mol. The second kappa shape index (κ2) is 7.24. The molecular weight excluding hydrogens is 186 g/mol. The van der Waals surface area contributed by atoms with Crippen molar-refractivity contribution in [2.45, 2.75) is 58.5 Å². The van der Waals surface area contributed by atoms with Crippen molar-refractivity contribution in [2.24, 2.45) is 5.92 Å². The first-order valence-electron chi connectivity index (χ1n) is 6.68. The van der Waals surface area contributed by atoms with Crippen LogP contribution in [0.1, 0.15) is 52.4 Å². The molecule has 2 nitrogen and oxygen atoms in total. The molecule has 90 valence electrons. The van der Waals surface area contributed by atoms with E-state index in [9.17, 15) is 5.11 Å². The molecule has 1 aliphatic heterocycles. The number of rotatable bonds is 6. The summed E-state index contributed by atoms with van der Waals surface area (Å²) >= 11 is 0. The van der Waals surface area contributed by atoms with Gasteiger partial charge in [-0.15, -0.1) is 0 Å². The molecule has 0 saturated carbocycles. The molecule has 1 rings (SSSR count). The molecule has 0 amide bonds. The van der Waals surface area contributed by atoms with Gasteiger partial charge in [0.2, 0.25) is 0 Å². The Balaban J connectivity index is 2.14. The lowest BCUT2D eigenvalue weighted by atomic mass is 9.92. The van der Waals surface area contributed by atoms with E-state index in [1.165, 1.54) is 32.2 Å². The van der Waals surface area contributed by atoms with E-state index in [1.54, 1.807) is 0 Å². The van der Waals surface area contributed by atoms with Crippen LogP contribution in [-0.4, -0.2) is 35.7 Å². The molecule has 15 heavy (non-hydrogen) atoms. The minimum atomic E-state index is -0.0399. The summed E-state index contributed by atoms with van der Waals surface area (Å²) in [6.07, 6.45) is 7.44. The summed E-state index contributed by atoms with van der Waals surface area (Å²) in [5.74, 6) is 0.518. The maximum atomic E-state index is 9.77. The van der Waals surface area contributed by atoms with E-state index in [2.05, 4.69) is 18.7 Å². The Labute approximate surface area is 94.7 Å². The van der Waals surface area contributed by atoms with Crippen molar-refractivity contribution in [1.82, 2.24) is 4.90 Å². The maximum absolute atomic E-state index is 9.77. The average molecular weight is 213 g/mol. The largest absolute Gasteiger partial charge is 0.393 e. The standard InChI is InChI=1S/C13H27NO/c1-3-5-6-7-9-14-10-8-13(15)12(4-2)11-14/h12-13,15H,3-11H2,1-2H3. The first-order valence-corrected chi connectivity index (χ1v) is 6.68. The predicted octanol–water partition coefficient (Wildman–Crippen LogP) is 2.66. The van der Waals surface area contributed by atoms with E-state index < -0.39 is 0 Å². The summed E-state index contributed by atoms with van der Waals surface area (Å²) in [4.78, 5) is 2.54. The van der Waals surface area contributed by atoms with Crippen LogP contribution in [0.25, 0.3) is 0 Å². The SMILES string of the molecule is CCCCCCN1CCC(O)C(CC)C1. The normalized spacial score (nSPS) is 28.2. The summed E-state index contributed by atoms with van der Waals surface area (Å²) < 4.78 is 0. The zero-order valence-electron chi connectivity index (χ0n) is 10.4. The molecule has 1 aliphatic rings. The van der Waals surface area contributed by atoms with Crippen molar-refractivity contribution in [1.29, 1.82) is 0 Å². The highest BCUT2D eigenvalue weighted by atomic mass is 16.3. The van der Waals surface area contributed by atoms with E-state index in [1.807, 2.05) is 0 Å². The minimum absolute atomic E-state index is 0.0399. The summed E-state index contributed by atoms with van der Waals surface area (Å²) in [6, 6.07) is 0. The molecule has 0 aliphatic carbocycles. The smallest absolute Gasteiger partial charge is 0.0592 e. The van der Waals surface area contributed by atoms with E-state index in [-0.39, 0.29) is 6.10 Å². The molecule has 0 radical (unpaired) electrons. The lowest BCUT2D eigenvalue weighted by molar-refractivity contribution is 0.0246. The van der Waals surface area contributed by atoms with Crippen LogP contribution in [0.4, 0.5) is 0 Å². The van der Waals surface area contributed by atoms with Crippen molar-refractivity contribution < 1.29 is 5.11 Å². The number of hydrogen-bond donors (Lipinski definition) is 1. The van der Waals surface area contributed by atoms with E-state index in [0.717, 1.165) is 25.9 Å². The van der Waals surface area contributed by atoms with Gasteiger partial charge in [-0.05, 0) is 31.7 Å². The fraction of sp³-hybridized carbons (Fsp3) is 1.00. The Hall–Kier alpha value is -0.0800. The number of unbranched alkanes of at least 4 members (excludes halogenated alkanes) is 3. The van der Waals surface area contributed by atoms with Crippen molar-refractivity contribution in [3.8, 4) is 0 Å². The summed E-state index contributed by atoms with van der Waals surface area (Å²) in [7, 11) is 0. The summed E-state index contributed by atoms with van der Waals surface area (Å²) in [5.41, 5.74) is 0. The molecule has 1 saturated heterocycles. The molecule has 1 N–H and O–H groups in total. The van der Waals surface area contributed by atoms with Gasteiger partial charge >= 0.3 is 0 Å². The van der Waals surface area contributed by atoms with Gasteiger partial charge in [-0.3, -0.25) is 0 Å². The van der Waals surface area contributed by atoms with Gasteiger partial charge in [0.05, 0.1) is 6.10 Å². The van der Waals surface area contributed by atoms with Crippen molar-refractivity contribution in [3.05, 3.63) is 0 Å². The van der Waals surface area contributed by atoms with E-state index in [4.69, 9.17) is 0 Å². The molecular formula is C13H27NO. The van der Waals surface area contributed by atoms with Gasteiger partial charge in [0.25, 0.3) is 0 Å². The zero-order chi connectivity index (χ0) is 11.1. The maximum Gasteiger partial charge on any atom is 0.0592 e. The molecule has 2 unspecified atom stereocenters. The second-order valence-electron chi connectivity index (χ2n) is 4.89. The number of likely N-dealkylation sites (tertiary alicyclic amines) is 1. The van der Waals surface area contributed by atoms with Crippen LogP contribution in [0, 0.1) is 5.92 Å². The minimum Gasteiger partial charge on any atom is -0.393 e. The van der Waals surface area contributed by atoms with Crippen molar-refractivity contribution >= 4 is 0 Å². The first kappa shape index (κ1) is 13.0. The Morgan fingerprint density at radius 3 is 2.67 bits per heavy atom. The molecule has 2 heteroatoms. The molecule has 0 aromatic heterocycles. The van der Waals surface area contributed by atoms with E-state index in [0.29, 0.717) is 5.92 Å². The zero-order valence-corrected chi connectivity index (χ0v) is 10.4. The number of hydrogen-bond acceptors (Lipinski definition) is 2. The quantitative estimate of drug-likeness (QED) is 0.686. The highest BCUT2D eigenvalue weighted by Crippen LogP contribution is 2.20. The van der Waals surface area contributed by atoms with Gasteiger partial charge in [0.15, 0.2) is 0 Å². The average Bonchev–Trinajstić information content (AvgIpc) is 2.26. The van der Waals surface area contributed by atoms with Crippen LogP contribution in [-0.2, 0) is 0 Å². The van der Waals surface area contributed by atoms with Crippen molar-refractivity contribution in [3.63, 3.8) is 0 Å². The van der Waals surface area contributed by atoms with E-state index >= 15 is 0 Å². The Bertz CT molecular complexity index is 161. The lowest BCUT2D eigenvalue weighted by Gasteiger charge is -2.35. The van der Waals surface area contributed by atoms with Crippen LogP contribution in [0.5, 0.6) is 0 Å². The number of nitrogens with zero attached hydrogens (tertiary/aromatic N) is 1. The van der Waals surface area contributed by atoms with Gasteiger partial charge in [0, 0.05) is 13.1 Å². The highest BCUT2D eigenvalue weighted by Gasteiger charge is 2.25. The number of piperidine rings is 1. The Kier molecular flexibility index (Phi) is 6.26. The third kappa shape index (κ3) is 4.52. The topological polar surface area (TPSA) is 23.5 Å². The number of aliphatic hydroxyl groups excluding tert-OH is 1. The van der Waals surface area contributed by atoms with Crippen LogP contribution < -0.4 is 0 Å². The highest BCUT2D eigenvalue weighted by molar-refractivity contribution is 4.78. The fourth-order valence-corrected chi connectivity index (χ4v) is 2.46. The molecule has 0 aromatic rings. The Morgan fingerprint density at radius 1 is 1.20 bits per heavy atom. The van der Waals surface area contributed by atoms with Crippen LogP contribution in [0.15, 0.2) is 0 Å². The third-order valence-electron chi connectivity index (χ3n) is 3.63. The van der Waals surface area contributed by atoms with Gasteiger partial charge in [-0.25, -0.2) is 0 Å². The number of aliphatic hydroxyl groups is 1. The molecule has 0 spiro atoms. The van der Waals surface area contributed by atoms with Crippen molar-refractivity contribution in [2.75, 3.05) is 19.6 Å². The van der Waals surface area contributed by atoms with Crippen LogP contribution >= 0.6 is 0 Å². The molecule has 0 bridgehead atoms. The Morgan fingerprint density at radius 2 is 2.00 bits per heavy atom. The molecule has 0 aromatic carbocycles. The van der Waals surface area contributed by atoms with Gasteiger partial charge in [-0.2, -0.15) is 0 Å². The predicted molar refractivity (Wildman–Crippen MR) is 65.0 cm³/mol. The molecule has 1 heterocycles. The van der Waals surface area contributed by atoms with Gasteiger partial charge < -0.3 is 10.0 Å². The molecule has 2 atom stereocenters. The second-order valence-corrected chi connectivity index (χ2v) is 4.89. The van der Waals surface area contributed by atoms with Crippen LogP contribution in [0.3, 0.4) is 0 Å². The third-order valence-corrected chi connectivity index (χ3v) is 3.63. The first-order chi connectivity index (χ1) is 7.27. The van der Waals surface area contributed by atoms with Crippen LogP contribution in [0.2, 0.25) is 0 Å². The molecule has 1 fully saturated rings. The lowest BCUT2D eigenvalue weighted by Crippen LogP contribution is -2.43. The van der Waals surface area contributed by atoms with Gasteiger partial charge in [-0.1, -0.05) is 33.1 Å². The summed E-state index contributed by atoms with van der Waals surface area (Å²) in [6.45, 7) is 7.90.